The van der Waals surface area contributed by atoms with Crippen LogP contribution in [0.15, 0.2) is 13.2 Å². The number of hydrogen-bond acceptors (Lipinski definition) is 4. The molecule has 0 spiro atoms. The van der Waals surface area contributed by atoms with Crippen LogP contribution in [0.5, 0.6) is 0 Å². The van der Waals surface area contributed by atoms with Crippen LogP contribution in [0.4, 0.5) is 0 Å². The maximum Gasteiger partial charge on any atom is 0.303 e. The van der Waals surface area contributed by atoms with Crippen molar-refractivity contribution in [2.24, 2.45) is 11.5 Å². The van der Waals surface area contributed by atoms with Gasteiger partial charge in [0.25, 0.3) is 0 Å². The summed E-state index contributed by atoms with van der Waals surface area (Å²) in [7, 11) is 0. The van der Waals surface area contributed by atoms with E-state index in [-0.39, 0.29) is 11.8 Å². The average Bonchev–Trinajstić information content (AvgIpc) is 3.25. The second kappa shape index (κ2) is 63.9. The predicted octanol–water partition coefficient (Wildman–Crippen LogP) is 17.3. The van der Waals surface area contributed by atoms with Crippen molar-refractivity contribution in [2.45, 2.75) is 316 Å². The minimum absolute atomic E-state index is 0.170. The Morgan fingerprint density at radius 3 is 0.524 bits per heavy atom. The molecule has 376 valence electrons. The molecule has 0 heterocycles. The average molecular weight is 895 g/mol. The molecule has 0 aliphatic heterocycles. The number of carboxylic acids is 2. The summed E-state index contributed by atoms with van der Waals surface area (Å²) in [6.45, 7) is 10.3. The molecule has 0 aromatic heterocycles. The van der Waals surface area contributed by atoms with Gasteiger partial charge in [-0.1, -0.05) is 264 Å². The van der Waals surface area contributed by atoms with Crippen molar-refractivity contribution in [1.29, 1.82) is 0 Å². The Balaban J connectivity index is -0.000000641. The summed E-state index contributed by atoms with van der Waals surface area (Å²) < 4.78 is 0. The molecule has 0 fully saturated rings. The van der Waals surface area contributed by atoms with Gasteiger partial charge in [0.05, 0.1) is 0 Å². The third-order valence-corrected chi connectivity index (χ3v) is 11.8. The molecule has 2 amide bonds. The van der Waals surface area contributed by atoms with Crippen LogP contribution in [-0.4, -0.2) is 34.0 Å². The second-order valence-electron chi connectivity index (χ2n) is 18.2. The number of carbonyl (C=O) groups excluding carboxylic acids is 2. The van der Waals surface area contributed by atoms with E-state index in [1.807, 2.05) is 0 Å². The summed E-state index contributed by atoms with van der Waals surface area (Å²) in [6, 6.07) is 0. The number of hydrogen-bond donors (Lipinski definition) is 4. The van der Waals surface area contributed by atoms with Crippen LogP contribution in [0.2, 0.25) is 0 Å². The van der Waals surface area contributed by atoms with Crippen molar-refractivity contribution in [3.05, 3.63) is 13.2 Å². The van der Waals surface area contributed by atoms with Crippen LogP contribution in [0.25, 0.3) is 0 Å². The van der Waals surface area contributed by atoms with Gasteiger partial charge in [-0.25, -0.2) is 0 Å². The van der Waals surface area contributed by atoms with E-state index in [9.17, 15) is 19.2 Å². The first-order valence-corrected chi connectivity index (χ1v) is 27.2. The van der Waals surface area contributed by atoms with E-state index < -0.39 is 11.9 Å². The van der Waals surface area contributed by atoms with Gasteiger partial charge in [0.15, 0.2) is 0 Å². The molecule has 63 heavy (non-hydrogen) atoms. The molecule has 0 aromatic rings. The fraction of sp³-hybridized carbons (Fsp3) is 0.891. The lowest BCUT2D eigenvalue weighted by molar-refractivity contribution is -0.138. The zero-order chi connectivity index (χ0) is 47.5. The highest BCUT2D eigenvalue weighted by Crippen LogP contribution is 2.17. The third kappa shape index (κ3) is 80.4. The Hall–Kier alpha value is -2.38. The fourth-order valence-electron chi connectivity index (χ4n) is 7.84. The first-order valence-electron chi connectivity index (χ1n) is 27.2. The lowest BCUT2D eigenvalue weighted by atomic mass is 10.0. The van der Waals surface area contributed by atoms with E-state index >= 15 is 0 Å². The molecule has 0 aliphatic rings. The van der Waals surface area contributed by atoms with Gasteiger partial charge < -0.3 is 21.7 Å². The Morgan fingerprint density at radius 2 is 0.397 bits per heavy atom. The van der Waals surface area contributed by atoms with E-state index in [0.29, 0.717) is 25.7 Å². The minimum Gasteiger partial charge on any atom is -0.481 e. The minimum atomic E-state index is -0.654. The summed E-state index contributed by atoms with van der Waals surface area (Å²) in [5, 5.41) is 17.3. The number of carbonyl (C=O) groups is 4. The number of amides is 2. The molecule has 0 saturated heterocycles. The van der Waals surface area contributed by atoms with Gasteiger partial charge in [-0.05, 0) is 25.7 Å². The summed E-state index contributed by atoms with van der Waals surface area (Å²) in [5.74, 6) is -1.65. The molecule has 0 saturated carbocycles. The van der Waals surface area contributed by atoms with Gasteiger partial charge in [0.1, 0.15) is 0 Å². The summed E-state index contributed by atoms with van der Waals surface area (Å²) >= 11 is 0. The lowest BCUT2D eigenvalue weighted by Gasteiger charge is -2.05. The van der Waals surface area contributed by atoms with Crippen molar-refractivity contribution in [3.63, 3.8) is 0 Å². The number of unbranched alkanes of at least 4 members (excludes halogenated alkanes) is 40. The van der Waals surface area contributed by atoms with E-state index in [0.717, 1.165) is 51.4 Å². The van der Waals surface area contributed by atoms with Gasteiger partial charge in [-0.15, -0.1) is 13.2 Å². The van der Waals surface area contributed by atoms with Gasteiger partial charge in [0, 0.05) is 25.7 Å². The molecule has 0 atom stereocenters. The highest BCUT2D eigenvalue weighted by molar-refractivity contribution is 5.73. The van der Waals surface area contributed by atoms with E-state index in [1.165, 1.54) is 225 Å². The summed E-state index contributed by atoms with van der Waals surface area (Å²) in [6.07, 6.45) is 57.8. The molecule has 0 bridgehead atoms. The molecule has 0 unspecified atom stereocenters. The molecule has 0 aromatic carbocycles. The number of nitrogens with two attached hydrogens (primary N) is 2. The van der Waals surface area contributed by atoms with Gasteiger partial charge in [-0.3, -0.25) is 19.2 Å². The lowest BCUT2D eigenvalue weighted by Crippen LogP contribution is -2.09. The molecular formula is C55H110N2O6. The Kier molecular flexibility index (Phi) is 68.2. The number of carboxylic acid groups (broad SMARTS) is 2. The normalized spacial score (nSPS) is 10.5. The van der Waals surface area contributed by atoms with Crippen molar-refractivity contribution in [1.82, 2.24) is 0 Å². The largest absolute Gasteiger partial charge is 0.481 e. The van der Waals surface area contributed by atoms with Crippen LogP contribution in [0, 0.1) is 0 Å². The molecule has 0 aliphatic carbocycles. The van der Waals surface area contributed by atoms with Gasteiger partial charge >= 0.3 is 11.9 Å². The first-order chi connectivity index (χ1) is 30.7. The molecule has 6 N–H and O–H groups in total. The predicted molar refractivity (Wildman–Crippen MR) is 273 cm³/mol. The highest BCUT2D eigenvalue weighted by Gasteiger charge is 2.00. The topological polar surface area (TPSA) is 161 Å². The maximum absolute atomic E-state index is 10.5. The zero-order valence-electron chi connectivity index (χ0n) is 42.3. The van der Waals surface area contributed by atoms with Crippen molar-refractivity contribution < 1.29 is 29.4 Å². The Morgan fingerprint density at radius 1 is 0.270 bits per heavy atom. The zero-order valence-corrected chi connectivity index (χ0v) is 42.3. The standard InChI is InChI=1S/C37H72O4.2C8H17NO.C2H4/c38-36(39)34-32-30-28-26-24-22-20-18-16-14-12-10-8-6-4-2-1-3-5-7-9-11-13-15-17-19-21-23-25-27-29-31-33-35-37(40)41;2*1-2-3-4-5-6-7-8(9)10;1-2/h1-35H2,(H,38,39)(H,40,41);2*2-7H2,1H3,(H2,9,10);1-2H2. The highest BCUT2D eigenvalue weighted by atomic mass is 16.4. The molecule has 8 nitrogen and oxygen atoms in total. The van der Waals surface area contributed by atoms with Crippen molar-refractivity contribution >= 4 is 23.8 Å². The number of primary amides is 2. The molecular weight excluding hydrogens is 785 g/mol. The number of rotatable bonds is 48. The number of aliphatic carboxylic acids is 2. The van der Waals surface area contributed by atoms with Crippen LogP contribution in [-0.2, 0) is 19.2 Å². The third-order valence-electron chi connectivity index (χ3n) is 11.8. The summed E-state index contributed by atoms with van der Waals surface area (Å²) in [5.41, 5.74) is 9.94. The van der Waals surface area contributed by atoms with Crippen molar-refractivity contribution in [3.8, 4) is 0 Å². The van der Waals surface area contributed by atoms with Gasteiger partial charge in [-0.2, -0.15) is 0 Å². The van der Waals surface area contributed by atoms with Crippen LogP contribution in [0.3, 0.4) is 0 Å². The second-order valence-corrected chi connectivity index (χ2v) is 18.2. The van der Waals surface area contributed by atoms with E-state index in [1.54, 1.807) is 0 Å². The maximum atomic E-state index is 10.5. The summed E-state index contributed by atoms with van der Waals surface area (Å²) in [4.78, 5) is 41.5. The van der Waals surface area contributed by atoms with Crippen LogP contribution < -0.4 is 11.5 Å². The monoisotopic (exact) mass is 895 g/mol. The van der Waals surface area contributed by atoms with Crippen LogP contribution in [0.1, 0.15) is 316 Å². The van der Waals surface area contributed by atoms with Crippen LogP contribution >= 0.6 is 0 Å². The SMILES string of the molecule is C=C.CCCCCCCC(N)=O.CCCCCCCC(N)=O.O=C(O)CCCCCCCCCCCCCCCCCCCCCCCCCCCCCCCCCCCC(=O)O. The molecule has 0 rings (SSSR count). The fourth-order valence-corrected chi connectivity index (χ4v) is 7.84. The smallest absolute Gasteiger partial charge is 0.303 e. The van der Waals surface area contributed by atoms with E-state index in [4.69, 9.17) is 21.7 Å². The quantitative estimate of drug-likeness (QED) is 0.0351. The Labute approximate surface area is 392 Å². The van der Waals surface area contributed by atoms with E-state index in [2.05, 4.69) is 27.0 Å². The molecule has 0 radical (unpaired) electrons. The Bertz CT molecular complexity index is 844. The van der Waals surface area contributed by atoms with Crippen molar-refractivity contribution in [2.75, 3.05) is 0 Å². The first kappa shape index (κ1) is 67.2. The molecule has 8 heteroatoms. The van der Waals surface area contributed by atoms with Gasteiger partial charge in [0.2, 0.25) is 11.8 Å².